The molecular weight excluding hydrogens is 352 g/mol. The number of halogens is 1. The number of unbranched alkanes of at least 4 members (excludes halogenated alkanes) is 14. The molecule has 0 unspecified atom stereocenters. The normalized spacial score (nSPS) is 12.0. The third kappa shape index (κ3) is 15.2. The van der Waals surface area contributed by atoms with Gasteiger partial charge in [-0.05, 0) is 12.8 Å². The van der Waals surface area contributed by atoms with E-state index in [0.717, 1.165) is 18.3 Å². The summed E-state index contributed by atoms with van der Waals surface area (Å²) in [6.07, 6.45) is 20.3. The molecule has 0 aromatic rings. The maximum absolute atomic E-state index is 5.68. The van der Waals surface area contributed by atoms with E-state index in [1.165, 1.54) is 89.9 Å². The molecule has 0 saturated carbocycles. The highest BCUT2D eigenvalue weighted by Crippen LogP contribution is 2.18. The Kier molecular flexibility index (Phi) is 19.5. The van der Waals surface area contributed by atoms with Gasteiger partial charge in [-0.15, -0.1) is 11.6 Å². The van der Waals surface area contributed by atoms with Gasteiger partial charge < -0.3 is 13.3 Å². The second-order valence-corrected chi connectivity index (χ2v) is 10.5. The summed E-state index contributed by atoms with van der Waals surface area (Å²) in [5, 5.41) is 0. The first kappa shape index (κ1) is 25.4. The minimum absolute atomic E-state index is 0.829. The Morgan fingerprint density at radius 2 is 0.760 bits per heavy atom. The molecule has 0 aromatic carbocycles. The van der Waals surface area contributed by atoms with E-state index in [1.807, 2.05) is 0 Å². The van der Waals surface area contributed by atoms with E-state index in [1.54, 1.807) is 21.3 Å². The molecule has 0 aromatic heterocycles. The van der Waals surface area contributed by atoms with Crippen LogP contribution in [-0.4, -0.2) is 36.0 Å². The van der Waals surface area contributed by atoms with Crippen molar-refractivity contribution in [2.45, 2.75) is 102 Å². The summed E-state index contributed by atoms with van der Waals surface area (Å²) in [5.41, 5.74) is 0. The molecule has 0 spiro atoms. The smallest absolute Gasteiger partial charge is 0.377 e. The van der Waals surface area contributed by atoms with Crippen molar-refractivity contribution in [3.8, 4) is 0 Å². The molecule has 25 heavy (non-hydrogen) atoms. The van der Waals surface area contributed by atoms with Gasteiger partial charge >= 0.3 is 8.80 Å². The van der Waals surface area contributed by atoms with Crippen molar-refractivity contribution in [2.24, 2.45) is 0 Å². The Labute approximate surface area is 163 Å². The standard InChI is InChI=1S/C20H43ClO3Si/c1-22-25(23-2,24-3)20-18-16-14-12-10-8-6-4-5-7-9-11-13-15-17-19-21/h4-20H2,1-3H3. The summed E-state index contributed by atoms with van der Waals surface area (Å²) in [6.45, 7) is 0. The van der Waals surface area contributed by atoms with Crippen molar-refractivity contribution in [2.75, 3.05) is 27.2 Å². The van der Waals surface area contributed by atoms with Gasteiger partial charge in [0.05, 0.1) is 0 Å². The first-order valence-electron chi connectivity index (χ1n) is 10.5. The highest BCUT2D eigenvalue weighted by atomic mass is 35.5. The zero-order valence-corrected chi connectivity index (χ0v) is 18.9. The van der Waals surface area contributed by atoms with Gasteiger partial charge in [0.15, 0.2) is 0 Å². The molecule has 0 fully saturated rings. The fourth-order valence-electron chi connectivity index (χ4n) is 3.29. The molecule has 0 atom stereocenters. The summed E-state index contributed by atoms with van der Waals surface area (Å²) in [7, 11) is 2.76. The largest absolute Gasteiger partial charge is 0.500 e. The molecule has 0 saturated heterocycles. The quantitative estimate of drug-likeness (QED) is 0.127. The minimum atomic E-state index is -2.33. The maximum atomic E-state index is 5.68. The molecular formula is C20H43ClO3Si. The summed E-state index contributed by atoms with van der Waals surface area (Å²) in [5.74, 6) is 0.829. The number of rotatable bonds is 20. The van der Waals surface area contributed by atoms with Crippen LogP contribution in [0, 0.1) is 0 Å². The summed E-state index contributed by atoms with van der Waals surface area (Å²) >= 11 is 5.68. The van der Waals surface area contributed by atoms with Gasteiger partial charge in [0.2, 0.25) is 0 Å². The Hall–Kier alpha value is 0.387. The number of alkyl halides is 1. The Morgan fingerprint density at radius 1 is 0.480 bits per heavy atom. The Morgan fingerprint density at radius 3 is 1.04 bits per heavy atom. The molecule has 0 radical (unpaired) electrons. The van der Waals surface area contributed by atoms with Crippen LogP contribution in [0.3, 0.4) is 0 Å². The third-order valence-corrected chi connectivity index (χ3v) is 8.15. The van der Waals surface area contributed by atoms with Gasteiger partial charge in [0.25, 0.3) is 0 Å². The van der Waals surface area contributed by atoms with E-state index in [-0.39, 0.29) is 0 Å². The highest BCUT2D eigenvalue weighted by molar-refractivity contribution is 6.60. The van der Waals surface area contributed by atoms with Crippen LogP contribution >= 0.6 is 11.6 Å². The lowest BCUT2D eigenvalue weighted by Crippen LogP contribution is -2.42. The number of hydrogen-bond acceptors (Lipinski definition) is 3. The molecule has 0 aliphatic heterocycles. The summed E-state index contributed by atoms with van der Waals surface area (Å²) in [6, 6.07) is 0.933. The average molecular weight is 395 g/mol. The van der Waals surface area contributed by atoms with Crippen molar-refractivity contribution < 1.29 is 13.3 Å². The Balaban J connectivity index is 3.21. The SMILES string of the molecule is CO[Si](CCCCCCCCCCCCCCCCCCl)(OC)OC. The molecule has 0 N–H and O–H groups in total. The van der Waals surface area contributed by atoms with Gasteiger partial charge in [-0.2, -0.15) is 0 Å². The number of hydrogen-bond donors (Lipinski definition) is 0. The van der Waals surface area contributed by atoms with Crippen molar-refractivity contribution in [3.05, 3.63) is 0 Å². The van der Waals surface area contributed by atoms with Crippen LogP contribution in [0.25, 0.3) is 0 Å². The maximum Gasteiger partial charge on any atom is 0.500 e. The van der Waals surface area contributed by atoms with Crippen LogP contribution in [0.5, 0.6) is 0 Å². The second kappa shape index (κ2) is 19.2. The van der Waals surface area contributed by atoms with E-state index in [4.69, 9.17) is 24.9 Å². The lowest BCUT2D eigenvalue weighted by molar-refractivity contribution is 0.122. The molecule has 5 heteroatoms. The lowest BCUT2D eigenvalue weighted by atomic mass is 10.0. The predicted molar refractivity (Wildman–Crippen MR) is 112 cm³/mol. The van der Waals surface area contributed by atoms with Crippen LogP contribution in [0.15, 0.2) is 0 Å². The van der Waals surface area contributed by atoms with Crippen LogP contribution < -0.4 is 0 Å². The topological polar surface area (TPSA) is 27.7 Å². The van der Waals surface area contributed by atoms with Gasteiger partial charge in [0, 0.05) is 33.3 Å². The molecule has 0 aliphatic rings. The lowest BCUT2D eigenvalue weighted by Gasteiger charge is -2.24. The fourth-order valence-corrected chi connectivity index (χ4v) is 5.27. The van der Waals surface area contributed by atoms with E-state index in [0.29, 0.717) is 0 Å². The van der Waals surface area contributed by atoms with Crippen LogP contribution in [0.1, 0.15) is 96.3 Å². The van der Waals surface area contributed by atoms with Gasteiger partial charge in [-0.3, -0.25) is 0 Å². The van der Waals surface area contributed by atoms with E-state index in [2.05, 4.69) is 0 Å². The molecule has 152 valence electrons. The fraction of sp³-hybridized carbons (Fsp3) is 1.00. The second-order valence-electron chi connectivity index (χ2n) is 7.04. The van der Waals surface area contributed by atoms with Gasteiger partial charge in [-0.25, -0.2) is 0 Å². The first-order valence-corrected chi connectivity index (χ1v) is 12.9. The van der Waals surface area contributed by atoms with Crippen molar-refractivity contribution >= 4 is 20.4 Å². The molecule has 0 heterocycles. The van der Waals surface area contributed by atoms with Gasteiger partial charge in [-0.1, -0.05) is 83.5 Å². The first-order chi connectivity index (χ1) is 12.2. The zero-order chi connectivity index (χ0) is 18.6. The van der Waals surface area contributed by atoms with Crippen molar-refractivity contribution in [1.82, 2.24) is 0 Å². The molecule has 0 amide bonds. The van der Waals surface area contributed by atoms with Crippen LogP contribution in [0.2, 0.25) is 6.04 Å². The predicted octanol–water partition coefficient (Wildman–Crippen LogP) is 6.95. The van der Waals surface area contributed by atoms with Crippen molar-refractivity contribution in [3.63, 3.8) is 0 Å². The molecule has 0 aliphatic carbocycles. The zero-order valence-electron chi connectivity index (χ0n) is 17.1. The molecule has 3 nitrogen and oxygen atoms in total. The van der Waals surface area contributed by atoms with Crippen LogP contribution in [-0.2, 0) is 13.3 Å². The minimum Gasteiger partial charge on any atom is -0.377 e. The van der Waals surface area contributed by atoms with Crippen molar-refractivity contribution in [1.29, 1.82) is 0 Å². The monoisotopic (exact) mass is 394 g/mol. The van der Waals surface area contributed by atoms with E-state index >= 15 is 0 Å². The summed E-state index contributed by atoms with van der Waals surface area (Å²) < 4.78 is 16.3. The van der Waals surface area contributed by atoms with Crippen LogP contribution in [0.4, 0.5) is 0 Å². The Bertz CT molecular complexity index is 255. The molecule has 0 rings (SSSR count). The molecule has 0 bridgehead atoms. The average Bonchev–Trinajstić information content (AvgIpc) is 2.65. The third-order valence-electron chi connectivity index (χ3n) is 5.05. The highest BCUT2D eigenvalue weighted by Gasteiger charge is 2.36. The van der Waals surface area contributed by atoms with E-state index in [9.17, 15) is 0 Å². The van der Waals surface area contributed by atoms with Gasteiger partial charge in [0.1, 0.15) is 0 Å². The van der Waals surface area contributed by atoms with E-state index < -0.39 is 8.80 Å². The summed E-state index contributed by atoms with van der Waals surface area (Å²) in [4.78, 5) is 0.